The average Bonchev–Trinajstić information content (AvgIpc) is 3.33. The van der Waals surface area contributed by atoms with Crippen molar-refractivity contribution in [2.75, 3.05) is 18.0 Å². The van der Waals surface area contributed by atoms with E-state index in [0.717, 1.165) is 36.1 Å². The van der Waals surface area contributed by atoms with Gasteiger partial charge in [-0.05, 0) is 19.8 Å². The smallest absolute Gasteiger partial charge is 0.332 e. The number of rotatable bonds is 4. The molecule has 0 N–H and O–H groups in total. The van der Waals surface area contributed by atoms with Gasteiger partial charge in [0.25, 0.3) is 5.56 Å². The summed E-state index contributed by atoms with van der Waals surface area (Å²) in [6.07, 6.45) is 2.07. The van der Waals surface area contributed by atoms with Crippen LogP contribution in [0.1, 0.15) is 28.8 Å². The molecular weight excluding hydrogens is 358 g/mol. The molecule has 1 fully saturated rings. The highest BCUT2D eigenvalue weighted by molar-refractivity contribution is 5.97. The largest absolute Gasteiger partial charge is 0.342 e. The fourth-order valence-electron chi connectivity index (χ4n) is 3.72. The lowest BCUT2D eigenvalue weighted by molar-refractivity contribution is 0.0973. The fraction of sp³-hybridized carbons (Fsp3) is 0.400. The number of hydrogen-bond donors (Lipinski definition) is 0. The Morgan fingerprint density at radius 3 is 2.32 bits per heavy atom. The molecule has 1 aromatic carbocycles. The summed E-state index contributed by atoms with van der Waals surface area (Å²) in [5, 5.41) is 0. The number of anilines is 1. The minimum atomic E-state index is -0.437. The van der Waals surface area contributed by atoms with Gasteiger partial charge in [0, 0.05) is 32.7 Å². The number of nitrogens with zero attached hydrogens (tertiary/aromatic N) is 5. The predicted molar refractivity (Wildman–Crippen MR) is 107 cm³/mol. The first kappa shape index (κ1) is 18.2. The number of carbonyl (C=O) groups is 1. The van der Waals surface area contributed by atoms with Crippen LogP contribution in [0.3, 0.4) is 0 Å². The van der Waals surface area contributed by atoms with Crippen molar-refractivity contribution >= 4 is 22.9 Å². The minimum absolute atomic E-state index is 0.00115. The highest BCUT2D eigenvalue weighted by Crippen LogP contribution is 2.24. The lowest BCUT2D eigenvalue weighted by atomic mass is 10.1. The number of hydrogen-bond acceptors (Lipinski definition) is 5. The van der Waals surface area contributed by atoms with Gasteiger partial charge in [0.15, 0.2) is 16.9 Å². The third kappa shape index (κ3) is 2.85. The van der Waals surface area contributed by atoms with E-state index >= 15 is 0 Å². The number of Topliss-reactive ketones (excluding diaryl/α,β-unsaturated/α-hetero) is 1. The van der Waals surface area contributed by atoms with Gasteiger partial charge in [0.05, 0.1) is 6.54 Å². The second-order valence-electron chi connectivity index (χ2n) is 7.36. The van der Waals surface area contributed by atoms with Gasteiger partial charge >= 0.3 is 5.69 Å². The third-order valence-electron chi connectivity index (χ3n) is 5.39. The fourth-order valence-corrected chi connectivity index (χ4v) is 3.72. The van der Waals surface area contributed by atoms with E-state index in [9.17, 15) is 14.4 Å². The maximum atomic E-state index is 12.9. The lowest BCUT2D eigenvalue weighted by Gasteiger charge is -2.18. The van der Waals surface area contributed by atoms with Crippen LogP contribution in [0.15, 0.2) is 33.9 Å². The Morgan fingerprint density at radius 1 is 1.04 bits per heavy atom. The van der Waals surface area contributed by atoms with E-state index in [0.29, 0.717) is 17.2 Å². The zero-order valence-electron chi connectivity index (χ0n) is 16.3. The van der Waals surface area contributed by atoms with Crippen LogP contribution in [0.4, 0.5) is 5.95 Å². The van der Waals surface area contributed by atoms with Crippen molar-refractivity contribution < 1.29 is 4.79 Å². The molecule has 0 radical (unpaired) electrons. The first-order valence-electron chi connectivity index (χ1n) is 9.39. The van der Waals surface area contributed by atoms with Crippen LogP contribution in [0.25, 0.3) is 11.2 Å². The Kier molecular flexibility index (Phi) is 4.41. The van der Waals surface area contributed by atoms with Gasteiger partial charge in [0.2, 0.25) is 5.95 Å². The molecule has 0 spiro atoms. The molecule has 0 bridgehead atoms. The van der Waals surface area contributed by atoms with E-state index in [1.807, 2.05) is 19.1 Å². The Balaban J connectivity index is 1.90. The molecule has 8 heteroatoms. The monoisotopic (exact) mass is 381 g/mol. The highest BCUT2D eigenvalue weighted by atomic mass is 16.2. The van der Waals surface area contributed by atoms with Crippen molar-refractivity contribution in [3.63, 3.8) is 0 Å². The van der Waals surface area contributed by atoms with Crippen molar-refractivity contribution in [3.8, 4) is 0 Å². The molecule has 3 aromatic rings. The summed E-state index contributed by atoms with van der Waals surface area (Å²) in [6.45, 7) is 3.60. The molecule has 1 aliphatic heterocycles. The Morgan fingerprint density at radius 2 is 1.68 bits per heavy atom. The number of aryl methyl sites for hydroxylation is 2. The maximum Gasteiger partial charge on any atom is 0.332 e. The molecule has 4 rings (SSSR count). The van der Waals surface area contributed by atoms with Gasteiger partial charge in [-0.25, -0.2) is 4.79 Å². The van der Waals surface area contributed by atoms with Crippen molar-refractivity contribution in [3.05, 3.63) is 56.2 Å². The second kappa shape index (κ2) is 6.78. The van der Waals surface area contributed by atoms with Crippen LogP contribution in [-0.2, 0) is 20.6 Å². The normalized spacial score (nSPS) is 14.2. The zero-order chi connectivity index (χ0) is 20.0. The molecule has 1 aliphatic rings. The van der Waals surface area contributed by atoms with Crippen molar-refractivity contribution in [1.82, 2.24) is 18.7 Å². The first-order valence-corrected chi connectivity index (χ1v) is 9.39. The van der Waals surface area contributed by atoms with Gasteiger partial charge in [0.1, 0.15) is 0 Å². The molecular formula is C20H23N5O3. The standard InChI is InChI=1S/C20H23N5O3/c1-13-6-8-14(9-7-13)15(26)12-25-16-17(21-19(25)24-10-4-5-11-24)22(2)20(28)23(3)18(16)27/h6-9H,4-5,10-12H2,1-3H3. The SMILES string of the molecule is Cc1ccc(C(=O)Cn2c(N3CCCC3)nc3c2c(=O)n(C)c(=O)n3C)cc1. The third-order valence-corrected chi connectivity index (χ3v) is 5.39. The van der Waals surface area contributed by atoms with Crippen molar-refractivity contribution in [2.45, 2.75) is 26.3 Å². The van der Waals surface area contributed by atoms with E-state index in [1.165, 1.54) is 11.6 Å². The summed E-state index contributed by atoms with van der Waals surface area (Å²) in [7, 11) is 3.04. The van der Waals surface area contributed by atoms with Gasteiger partial charge < -0.3 is 4.90 Å². The Labute approximate surface area is 161 Å². The number of carbonyl (C=O) groups excluding carboxylic acids is 1. The molecule has 3 heterocycles. The van der Waals surface area contributed by atoms with Gasteiger partial charge in [-0.1, -0.05) is 29.8 Å². The van der Waals surface area contributed by atoms with Gasteiger partial charge in [-0.2, -0.15) is 4.98 Å². The molecule has 28 heavy (non-hydrogen) atoms. The molecule has 2 aromatic heterocycles. The first-order chi connectivity index (χ1) is 13.4. The van der Waals surface area contributed by atoms with E-state index < -0.39 is 11.2 Å². The number of fused-ring (bicyclic) bond motifs is 1. The predicted octanol–water partition coefficient (Wildman–Crippen LogP) is 1.23. The highest BCUT2D eigenvalue weighted by Gasteiger charge is 2.25. The van der Waals surface area contributed by atoms with Crippen molar-refractivity contribution in [1.29, 1.82) is 0 Å². The quantitative estimate of drug-likeness (QED) is 0.635. The van der Waals surface area contributed by atoms with Crippen LogP contribution in [0.2, 0.25) is 0 Å². The van der Waals surface area contributed by atoms with Gasteiger partial charge in [-0.15, -0.1) is 0 Å². The van der Waals surface area contributed by atoms with E-state index in [-0.39, 0.29) is 17.8 Å². The second-order valence-corrected chi connectivity index (χ2v) is 7.36. The molecule has 0 saturated carbocycles. The van der Waals surface area contributed by atoms with Crippen LogP contribution in [0.5, 0.6) is 0 Å². The summed E-state index contributed by atoms with van der Waals surface area (Å²) in [6, 6.07) is 7.37. The molecule has 0 amide bonds. The van der Waals surface area contributed by atoms with Crippen molar-refractivity contribution in [2.24, 2.45) is 14.1 Å². The van der Waals surface area contributed by atoms with Crippen LogP contribution in [-0.4, -0.2) is 37.6 Å². The summed E-state index contributed by atoms with van der Waals surface area (Å²) in [5.41, 5.74) is 1.39. The number of imidazole rings is 1. The van der Waals surface area contributed by atoms with E-state index in [2.05, 4.69) is 9.88 Å². The number of benzene rings is 1. The lowest BCUT2D eigenvalue weighted by Crippen LogP contribution is -2.37. The summed E-state index contributed by atoms with van der Waals surface area (Å²) in [5.74, 6) is 0.474. The Hall–Kier alpha value is -3.16. The molecule has 0 aliphatic carbocycles. The molecule has 146 valence electrons. The molecule has 0 atom stereocenters. The molecule has 0 unspecified atom stereocenters. The van der Waals surface area contributed by atoms with Crippen LogP contribution < -0.4 is 16.1 Å². The van der Waals surface area contributed by atoms with E-state index in [4.69, 9.17) is 0 Å². The summed E-state index contributed by atoms with van der Waals surface area (Å²) >= 11 is 0. The molecule has 8 nitrogen and oxygen atoms in total. The Bertz CT molecular complexity index is 1180. The van der Waals surface area contributed by atoms with Gasteiger partial charge in [-0.3, -0.25) is 23.3 Å². The number of ketones is 1. The zero-order valence-corrected chi connectivity index (χ0v) is 16.3. The van der Waals surface area contributed by atoms with Crippen LogP contribution >= 0.6 is 0 Å². The summed E-state index contributed by atoms with van der Waals surface area (Å²) < 4.78 is 4.10. The maximum absolute atomic E-state index is 12.9. The summed E-state index contributed by atoms with van der Waals surface area (Å²) in [4.78, 5) is 44.8. The van der Waals surface area contributed by atoms with E-state index in [1.54, 1.807) is 23.7 Å². The molecule has 1 saturated heterocycles. The number of aromatic nitrogens is 4. The average molecular weight is 381 g/mol. The minimum Gasteiger partial charge on any atom is -0.342 e. The topological polar surface area (TPSA) is 82.1 Å². The van der Waals surface area contributed by atoms with Crippen LogP contribution in [0, 0.1) is 6.92 Å².